The molecule has 144 valence electrons. The molecule has 1 aromatic carbocycles. The summed E-state index contributed by atoms with van der Waals surface area (Å²) in [5, 5.41) is 3.34. The quantitative estimate of drug-likeness (QED) is 0.750. The molecule has 2 fully saturated rings. The number of nitrogens with one attached hydrogen (secondary N) is 1. The molecule has 0 radical (unpaired) electrons. The van der Waals surface area contributed by atoms with Crippen molar-refractivity contribution in [3.8, 4) is 0 Å². The molecule has 5 nitrogen and oxygen atoms in total. The molecule has 0 saturated carbocycles. The van der Waals surface area contributed by atoms with Crippen LogP contribution in [0.15, 0.2) is 29.2 Å². The van der Waals surface area contributed by atoms with Crippen molar-refractivity contribution in [3.05, 3.63) is 24.3 Å². The summed E-state index contributed by atoms with van der Waals surface area (Å²) in [5.41, 5.74) is 0.891. The van der Waals surface area contributed by atoms with E-state index < -0.39 is 0 Å². The van der Waals surface area contributed by atoms with Gasteiger partial charge in [-0.25, -0.2) is 0 Å². The first-order chi connectivity index (χ1) is 12.1. The SMILES string of the molecule is CCCN(C(=O)C1CC(=O)N(c2ccc(SC)cc2)C1)C1CCNC1.Cl. The molecule has 0 aliphatic carbocycles. The molecule has 2 aliphatic heterocycles. The summed E-state index contributed by atoms with van der Waals surface area (Å²) in [6.07, 6.45) is 4.31. The van der Waals surface area contributed by atoms with Crippen LogP contribution in [0.3, 0.4) is 0 Å². The van der Waals surface area contributed by atoms with E-state index in [1.54, 1.807) is 16.7 Å². The predicted molar refractivity (Wildman–Crippen MR) is 109 cm³/mol. The number of hydrogen-bond acceptors (Lipinski definition) is 4. The van der Waals surface area contributed by atoms with Gasteiger partial charge < -0.3 is 15.1 Å². The number of halogens is 1. The molecular formula is C19H28ClN3O2S. The van der Waals surface area contributed by atoms with E-state index in [1.165, 1.54) is 4.90 Å². The first-order valence-corrected chi connectivity index (χ1v) is 10.3. The highest BCUT2D eigenvalue weighted by atomic mass is 35.5. The van der Waals surface area contributed by atoms with E-state index in [2.05, 4.69) is 12.2 Å². The minimum absolute atomic E-state index is 0. The summed E-state index contributed by atoms with van der Waals surface area (Å²) in [4.78, 5) is 30.5. The van der Waals surface area contributed by atoms with Gasteiger partial charge in [0.1, 0.15) is 0 Å². The van der Waals surface area contributed by atoms with Gasteiger partial charge >= 0.3 is 0 Å². The number of amides is 2. The Labute approximate surface area is 166 Å². The Balaban J connectivity index is 0.00000243. The van der Waals surface area contributed by atoms with E-state index in [4.69, 9.17) is 0 Å². The van der Waals surface area contributed by atoms with Gasteiger partial charge in [-0.3, -0.25) is 9.59 Å². The maximum Gasteiger partial charge on any atom is 0.228 e. The van der Waals surface area contributed by atoms with E-state index in [0.717, 1.165) is 38.2 Å². The second-order valence-electron chi connectivity index (χ2n) is 6.78. The highest BCUT2D eigenvalue weighted by Gasteiger charge is 2.39. The van der Waals surface area contributed by atoms with Crippen LogP contribution in [0.5, 0.6) is 0 Å². The Kier molecular flexibility index (Phi) is 7.80. The van der Waals surface area contributed by atoms with Gasteiger partial charge in [-0.1, -0.05) is 6.92 Å². The van der Waals surface area contributed by atoms with Crippen molar-refractivity contribution < 1.29 is 9.59 Å². The molecule has 0 aromatic heterocycles. The van der Waals surface area contributed by atoms with Gasteiger partial charge in [0.25, 0.3) is 0 Å². The fourth-order valence-electron chi connectivity index (χ4n) is 3.74. The van der Waals surface area contributed by atoms with Crippen molar-refractivity contribution in [2.24, 2.45) is 5.92 Å². The summed E-state index contributed by atoms with van der Waals surface area (Å²) >= 11 is 1.68. The summed E-state index contributed by atoms with van der Waals surface area (Å²) in [6, 6.07) is 8.27. The molecule has 1 N–H and O–H groups in total. The molecule has 26 heavy (non-hydrogen) atoms. The molecule has 0 spiro atoms. The molecule has 2 saturated heterocycles. The number of nitrogens with zero attached hydrogens (tertiary/aromatic N) is 2. The van der Waals surface area contributed by atoms with E-state index in [9.17, 15) is 9.59 Å². The van der Waals surface area contributed by atoms with Crippen molar-refractivity contribution >= 4 is 41.7 Å². The minimum atomic E-state index is -0.222. The number of carbonyl (C=O) groups is 2. The Morgan fingerprint density at radius 1 is 1.35 bits per heavy atom. The maximum atomic E-state index is 13.1. The topological polar surface area (TPSA) is 52.7 Å². The Hall–Kier alpha value is -1.24. The van der Waals surface area contributed by atoms with Crippen molar-refractivity contribution in [3.63, 3.8) is 0 Å². The van der Waals surface area contributed by atoms with Crippen molar-refractivity contribution in [2.45, 2.75) is 37.1 Å². The van der Waals surface area contributed by atoms with Gasteiger partial charge in [-0.2, -0.15) is 0 Å². The van der Waals surface area contributed by atoms with Crippen LogP contribution in [0.25, 0.3) is 0 Å². The highest BCUT2D eigenvalue weighted by Crippen LogP contribution is 2.29. The lowest BCUT2D eigenvalue weighted by molar-refractivity contribution is -0.137. The lowest BCUT2D eigenvalue weighted by atomic mass is 10.0. The minimum Gasteiger partial charge on any atom is -0.338 e. The first-order valence-electron chi connectivity index (χ1n) is 9.09. The Bertz CT molecular complexity index is 620. The fraction of sp³-hybridized carbons (Fsp3) is 0.579. The average Bonchev–Trinajstić information content (AvgIpc) is 3.29. The van der Waals surface area contributed by atoms with E-state index in [1.807, 2.05) is 35.4 Å². The number of benzene rings is 1. The second kappa shape index (κ2) is 9.62. The maximum absolute atomic E-state index is 13.1. The molecule has 2 amide bonds. The van der Waals surface area contributed by atoms with Crippen LogP contribution in [-0.4, -0.2) is 55.2 Å². The zero-order valence-corrected chi connectivity index (χ0v) is 17.1. The van der Waals surface area contributed by atoms with Gasteiger partial charge in [0.05, 0.1) is 5.92 Å². The summed E-state index contributed by atoms with van der Waals surface area (Å²) < 4.78 is 0. The lowest BCUT2D eigenvalue weighted by Crippen LogP contribution is -2.45. The van der Waals surface area contributed by atoms with Gasteiger partial charge in [0.15, 0.2) is 0 Å². The van der Waals surface area contributed by atoms with E-state index >= 15 is 0 Å². The normalized spacial score (nSPS) is 22.4. The molecule has 7 heteroatoms. The van der Waals surface area contributed by atoms with Crippen molar-refractivity contribution in [1.82, 2.24) is 10.2 Å². The van der Waals surface area contributed by atoms with E-state index in [0.29, 0.717) is 13.0 Å². The van der Waals surface area contributed by atoms with Crippen LogP contribution in [-0.2, 0) is 9.59 Å². The molecule has 2 aliphatic rings. The molecule has 1 aromatic rings. The molecule has 0 bridgehead atoms. The van der Waals surface area contributed by atoms with Crippen LogP contribution < -0.4 is 10.2 Å². The molecule has 2 unspecified atom stereocenters. The number of thioether (sulfide) groups is 1. The van der Waals surface area contributed by atoms with Gasteiger partial charge in [-0.15, -0.1) is 24.2 Å². The summed E-state index contributed by atoms with van der Waals surface area (Å²) in [5.74, 6) is -0.0248. The monoisotopic (exact) mass is 397 g/mol. The zero-order valence-electron chi connectivity index (χ0n) is 15.4. The first kappa shape index (κ1) is 21.1. The second-order valence-corrected chi connectivity index (χ2v) is 7.66. The van der Waals surface area contributed by atoms with Gasteiger partial charge in [0.2, 0.25) is 11.8 Å². The summed E-state index contributed by atoms with van der Waals surface area (Å²) in [7, 11) is 0. The molecule has 3 rings (SSSR count). The number of carbonyl (C=O) groups excluding carboxylic acids is 2. The third-order valence-electron chi connectivity index (χ3n) is 5.08. The summed E-state index contributed by atoms with van der Waals surface area (Å²) in [6.45, 7) is 5.21. The van der Waals surface area contributed by atoms with Crippen LogP contribution in [0.4, 0.5) is 5.69 Å². The van der Waals surface area contributed by atoms with Crippen LogP contribution in [0.1, 0.15) is 26.2 Å². The predicted octanol–water partition coefficient (Wildman–Crippen LogP) is 2.78. The number of rotatable bonds is 6. The molecular weight excluding hydrogens is 370 g/mol. The largest absolute Gasteiger partial charge is 0.338 e. The average molecular weight is 398 g/mol. The number of anilines is 1. The highest BCUT2D eigenvalue weighted by molar-refractivity contribution is 7.98. The Morgan fingerprint density at radius 2 is 2.08 bits per heavy atom. The lowest BCUT2D eigenvalue weighted by Gasteiger charge is -2.30. The van der Waals surface area contributed by atoms with Crippen LogP contribution in [0.2, 0.25) is 0 Å². The third kappa shape index (κ3) is 4.53. The van der Waals surface area contributed by atoms with Gasteiger partial charge in [0, 0.05) is 42.7 Å². The molecule has 2 heterocycles. The van der Waals surface area contributed by atoms with Crippen LogP contribution >= 0.6 is 24.2 Å². The van der Waals surface area contributed by atoms with Crippen molar-refractivity contribution in [2.75, 3.05) is 37.3 Å². The Morgan fingerprint density at radius 3 is 2.65 bits per heavy atom. The standard InChI is InChI=1S/C19H27N3O2S.ClH/c1-3-10-21(16-8-9-20-12-16)19(24)14-11-18(23)22(13-14)15-4-6-17(25-2)7-5-15;/h4-7,14,16,20H,3,8-13H2,1-2H3;1H. The molecule has 2 atom stereocenters. The van der Waals surface area contributed by atoms with E-state index in [-0.39, 0.29) is 36.2 Å². The zero-order chi connectivity index (χ0) is 17.8. The van der Waals surface area contributed by atoms with Gasteiger partial charge in [-0.05, 0) is 49.9 Å². The third-order valence-corrected chi connectivity index (χ3v) is 5.82. The fourth-order valence-corrected chi connectivity index (χ4v) is 4.15. The van der Waals surface area contributed by atoms with Crippen molar-refractivity contribution in [1.29, 1.82) is 0 Å². The number of hydrogen-bond donors (Lipinski definition) is 1. The smallest absolute Gasteiger partial charge is 0.228 e. The van der Waals surface area contributed by atoms with Crippen LogP contribution in [0, 0.1) is 5.92 Å².